The second-order valence-corrected chi connectivity index (χ2v) is 4.21. The second kappa shape index (κ2) is 4.71. The van der Waals surface area contributed by atoms with Gasteiger partial charge < -0.3 is 15.4 Å². The smallest absolute Gasteiger partial charge is 0.254 e. The molecule has 1 heterocycles. The number of anilines is 1. The molecule has 2 N–H and O–H groups in total. The van der Waals surface area contributed by atoms with E-state index < -0.39 is 5.82 Å². The number of nitrogens with two attached hydrogens (primary N) is 1. The van der Waals surface area contributed by atoms with E-state index in [-0.39, 0.29) is 23.3 Å². The van der Waals surface area contributed by atoms with Gasteiger partial charge >= 0.3 is 0 Å². The molecule has 1 aliphatic heterocycles. The van der Waals surface area contributed by atoms with Crippen LogP contribution in [0.2, 0.25) is 0 Å². The van der Waals surface area contributed by atoms with Crippen LogP contribution in [0.25, 0.3) is 0 Å². The summed E-state index contributed by atoms with van der Waals surface area (Å²) in [5.41, 5.74) is 6.07. The first-order valence-electron chi connectivity index (χ1n) is 5.53. The quantitative estimate of drug-likeness (QED) is 0.749. The van der Waals surface area contributed by atoms with Gasteiger partial charge in [-0.2, -0.15) is 0 Å². The minimum absolute atomic E-state index is 0.0126. The van der Waals surface area contributed by atoms with E-state index in [1.807, 2.05) is 6.92 Å². The summed E-state index contributed by atoms with van der Waals surface area (Å²) in [7, 11) is 0. The van der Waals surface area contributed by atoms with Crippen LogP contribution in [0.15, 0.2) is 18.2 Å². The van der Waals surface area contributed by atoms with Gasteiger partial charge in [-0.15, -0.1) is 0 Å². The predicted octanol–water partition coefficient (Wildman–Crippen LogP) is 1.27. The maximum absolute atomic E-state index is 13.2. The Morgan fingerprint density at radius 2 is 2.29 bits per heavy atom. The molecule has 1 unspecified atom stereocenters. The zero-order valence-electron chi connectivity index (χ0n) is 9.65. The fraction of sp³-hybridized carbons (Fsp3) is 0.417. The van der Waals surface area contributed by atoms with Crippen molar-refractivity contribution >= 4 is 11.6 Å². The molecule has 1 atom stereocenters. The number of halogens is 1. The molecule has 1 aromatic carbocycles. The molecule has 92 valence electrons. The number of carbonyl (C=O) groups is 1. The zero-order valence-corrected chi connectivity index (χ0v) is 9.65. The summed E-state index contributed by atoms with van der Waals surface area (Å²) < 4.78 is 18.5. The van der Waals surface area contributed by atoms with Crippen molar-refractivity contribution in [2.75, 3.05) is 25.4 Å². The maximum atomic E-state index is 13.2. The van der Waals surface area contributed by atoms with Gasteiger partial charge in [-0.25, -0.2) is 4.39 Å². The molecule has 0 aromatic heterocycles. The van der Waals surface area contributed by atoms with E-state index in [0.29, 0.717) is 19.7 Å². The minimum atomic E-state index is -0.491. The topological polar surface area (TPSA) is 55.6 Å². The van der Waals surface area contributed by atoms with Crippen LogP contribution in [0.4, 0.5) is 10.1 Å². The average Bonchev–Trinajstić information content (AvgIpc) is 2.26. The van der Waals surface area contributed by atoms with Crippen molar-refractivity contribution in [1.82, 2.24) is 4.90 Å². The monoisotopic (exact) mass is 238 g/mol. The molecule has 0 radical (unpaired) electrons. The minimum Gasteiger partial charge on any atom is -0.399 e. The van der Waals surface area contributed by atoms with E-state index >= 15 is 0 Å². The van der Waals surface area contributed by atoms with Gasteiger partial charge in [-0.3, -0.25) is 4.79 Å². The highest BCUT2D eigenvalue weighted by Gasteiger charge is 2.22. The highest BCUT2D eigenvalue weighted by Crippen LogP contribution is 2.15. The van der Waals surface area contributed by atoms with Gasteiger partial charge in [-0.05, 0) is 25.1 Å². The molecular formula is C12H15FN2O2. The van der Waals surface area contributed by atoms with Gasteiger partial charge in [0.2, 0.25) is 0 Å². The van der Waals surface area contributed by atoms with Crippen molar-refractivity contribution in [3.8, 4) is 0 Å². The number of nitrogens with zero attached hydrogens (tertiary/aromatic N) is 1. The third-order valence-corrected chi connectivity index (χ3v) is 2.70. The fourth-order valence-electron chi connectivity index (χ4n) is 1.92. The maximum Gasteiger partial charge on any atom is 0.254 e. The molecule has 5 heteroatoms. The Morgan fingerprint density at radius 1 is 1.53 bits per heavy atom. The Morgan fingerprint density at radius 3 is 2.94 bits per heavy atom. The summed E-state index contributed by atoms with van der Waals surface area (Å²) in [6, 6.07) is 3.89. The number of nitrogen functional groups attached to an aromatic ring is 1. The largest absolute Gasteiger partial charge is 0.399 e. The molecule has 0 spiro atoms. The number of rotatable bonds is 1. The Kier molecular flexibility index (Phi) is 3.28. The molecule has 0 saturated carbocycles. The number of morpholine rings is 1. The summed E-state index contributed by atoms with van der Waals surface area (Å²) in [6.07, 6.45) is 0.0126. The van der Waals surface area contributed by atoms with Crippen molar-refractivity contribution in [2.45, 2.75) is 13.0 Å². The van der Waals surface area contributed by atoms with Gasteiger partial charge in [0, 0.05) is 24.3 Å². The van der Waals surface area contributed by atoms with Crippen molar-refractivity contribution in [3.05, 3.63) is 29.6 Å². The molecule has 2 rings (SSSR count). The van der Waals surface area contributed by atoms with Crippen LogP contribution in [0.3, 0.4) is 0 Å². The highest BCUT2D eigenvalue weighted by atomic mass is 19.1. The van der Waals surface area contributed by atoms with E-state index in [1.165, 1.54) is 18.2 Å². The summed E-state index contributed by atoms with van der Waals surface area (Å²) in [4.78, 5) is 13.8. The lowest BCUT2D eigenvalue weighted by Gasteiger charge is -2.31. The van der Waals surface area contributed by atoms with Gasteiger partial charge in [0.25, 0.3) is 5.91 Å². The number of amides is 1. The summed E-state index contributed by atoms with van der Waals surface area (Å²) in [5, 5.41) is 0. The molecule has 1 aromatic rings. The molecule has 4 nitrogen and oxygen atoms in total. The van der Waals surface area contributed by atoms with Gasteiger partial charge in [0.1, 0.15) is 5.82 Å². The Hall–Kier alpha value is -1.62. The van der Waals surface area contributed by atoms with Crippen LogP contribution in [0.1, 0.15) is 17.3 Å². The van der Waals surface area contributed by atoms with E-state index in [4.69, 9.17) is 10.5 Å². The lowest BCUT2D eigenvalue weighted by Crippen LogP contribution is -2.44. The van der Waals surface area contributed by atoms with Crippen molar-refractivity contribution in [3.63, 3.8) is 0 Å². The van der Waals surface area contributed by atoms with Crippen LogP contribution in [0, 0.1) is 5.82 Å². The molecule has 1 aliphatic rings. The number of hydrogen-bond donors (Lipinski definition) is 1. The van der Waals surface area contributed by atoms with E-state index in [0.717, 1.165) is 0 Å². The number of benzene rings is 1. The van der Waals surface area contributed by atoms with Crippen molar-refractivity contribution in [1.29, 1.82) is 0 Å². The third-order valence-electron chi connectivity index (χ3n) is 2.70. The van der Waals surface area contributed by atoms with Crippen LogP contribution >= 0.6 is 0 Å². The first kappa shape index (κ1) is 11.9. The molecule has 0 bridgehead atoms. The van der Waals surface area contributed by atoms with Crippen LogP contribution in [0.5, 0.6) is 0 Å². The normalized spacial score (nSPS) is 20.4. The summed E-state index contributed by atoms with van der Waals surface area (Å²) in [6.45, 7) is 3.46. The SMILES string of the molecule is CC1CN(C(=O)c2cc(N)cc(F)c2)CCO1. The summed E-state index contributed by atoms with van der Waals surface area (Å²) in [5.74, 6) is -0.694. The van der Waals surface area contributed by atoms with Gasteiger partial charge in [0.15, 0.2) is 0 Å². The average molecular weight is 238 g/mol. The summed E-state index contributed by atoms with van der Waals surface area (Å²) >= 11 is 0. The Bertz CT molecular complexity index is 416. The molecule has 1 amide bonds. The second-order valence-electron chi connectivity index (χ2n) is 4.21. The molecule has 0 aliphatic carbocycles. The van der Waals surface area contributed by atoms with E-state index in [9.17, 15) is 9.18 Å². The lowest BCUT2D eigenvalue weighted by atomic mass is 10.1. The van der Waals surface area contributed by atoms with Crippen molar-refractivity contribution < 1.29 is 13.9 Å². The van der Waals surface area contributed by atoms with Crippen LogP contribution < -0.4 is 5.73 Å². The number of carbonyl (C=O) groups excluding carboxylic acids is 1. The highest BCUT2D eigenvalue weighted by molar-refractivity contribution is 5.95. The first-order valence-corrected chi connectivity index (χ1v) is 5.53. The van der Waals surface area contributed by atoms with Gasteiger partial charge in [-0.1, -0.05) is 0 Å². The fourth-order valence-corrected chi connectivity index (χ4v) is 1.92. The first-order chi connectivity index (χ1) is 8.06. The van der Waals surface area contributed by atoms with E-state index in [1.54, 1.807) is 4.90 Å². The van der Waals surface area contributed by atoms with Crippen LogP contribution in [-0.4, -0.2) is 36.6 Å². The Balaban J connectivity index is 2.18. The molecular weight excluding hydrogens is 223 g/mol. The standard InChI is InChI=1S/C12H15FN2O2/c1-8-7-15(2-3-17-8)12(16)9-4-10(13)6-11(14)5-9/h4-6,8H,2-3,7,14H2,1H3. The lowest BCUT2D eigenvalue weighted by molar-refractivity contribution is -0.0124. The van der Waals surface area contributed by atoms with Crippen molar-refractivity contribution in [2.24, 2.45) is 0 Å². The molecule has 1 fully saturated rings. The van der Waals surface area contributed by atoms with Gasteiger partial charge in [0.05, 0.1) is 12.7 Å². The zero-order chi connectivity index (χ0) is 12.4. The molecule has 1 saturated heterocycles. The number of ether oxygens (including phenoxy) is 1. The predicted molar refractivity (Wildman–Crippen MR) is 62.1 cm³/mol. The molecule has 17 heavy (non-hydrogen) atoms. The number of hydrogen-bond acceptors (Lipinski definition) is 3. The third kappa shape index (κ3) is 2.74. The Labute approximate surface area is 99.2 Å². The van der Waals surface area contributed by atoms with Crippen LogP contribution in [-0.2, 0) is 4.74 Å². The van der Waals surface area contributed by atoms with E-state index in [2.05, 4.69) is 0 Å².